The Hall–Kier alpha value is -4.27. The highest BCUT2D eigenvalue weighted by Crippen LogP contribution is 2.29. The average Bonchev–Trinajstić information content (AvgIpc) is 3.19. The fourth-order valence-electron chi connectivity index (χ4n) is 3.15. The quantitative estimate of drug-likeness (QED) is 0.358. The summed E-state index contributed by atoms with van der Waals surface area (Å²) in [5, 5.41) is 0.786. The number of aromatic nitrogens is 3. The van der Waals surface area contributed by atoms with Crippen LogP contribution < -0.4 is 5.73 Å². The van der Waals surface area contributed by atoms with Gasteiger partial charge >= 0.3 is 6.18 Å². The number of rotatable bonds is 5. The van der Waals surface area contributed by atoms with E-state index in [9.17, 15) is 22.8 Å². The molecular formula is C23H15F3N4O2. The second-order valence-electron chi connectivity index (χ2n) is 6.94. The average molecular weight is 436 g/mol. The van der Waals surface area contributed by atoms with Crippen molar-refractivity contribution in [2.75, 3.05) is 0 Å². The number of nitrogens with zero attached hydrogens (tertiary/aromatic N) is 2. The van der Waals surface area contributed by atoms with Gasteiger partial charge in [-0.3, -0.25) is 14.6 Å². The van der Waals surface area contributed by atoms with Crippen molar-refractivity contribution in [3.63, 3.8) is 0 Å². The van der Waals surface area contributed by atoms with Crippen molar-refractivity contribution in [1.29, 1.82) is 0 Å². The number of halogens is 3. The number of aromatic amines is 1. The Morgan fingerprint density at radius 1 is 0.969 bits per heavy atom. The number of hydrogen-bond donors (Lipinski definition) is 2. The number of nitrogens with one attached hydrogen (secondary N) is 1. The van der Waals surface area contributed by atoms with Crippen LogP contribution >= 0.6 is 0 Å². The summed E-state index contributed by atoms with van der Waals surface area (Å²) in [6, 6.07) is 10.4. The van der Waals surface area contributed by atoms with Crippen LogP contribution in [0.15, 0.2) is 67.1 Å². The second-order valence-corrected chi connectivity index (χ2v) is 6.94. The van der Waals surface area contributed by atoms with E-state index in [1.54, 1.807) is 42.7 Å². The van der Waals surface area contributed by atoms with Crippen LogP contribution in [0.25, 0.3) is 28.2 Å². The van der Waals surface area contributed by atoms with Crippen molar-refractivity contribution in [3.05, 3.63) is 89.5 Å². The number of ketones is 1. The van der Waals surface area contributed by atoms with Gasteiger partial charge in [0.1, 0.15) is 11.3 Å². The minimum atomic E-state index is -4.51. The number of amides is 1. The van der Waals surface area contributed by atoms with Crippen molar-refractivity contribution in [2.45, 2.75) is 6.18 Å². The number of alkyl halides is 3. The molecule has 1 amide bonds. The minimum Gasteiger partial charge on any atom is -0.366 e. The number of carbonyl (C=O) groups is 2. The third-order valence-corrected chi connectivity index (χ3v) is 4.79. The molecule has 0 aliphatic rings. The second kappa shape index (κ2) is 8.10. The molecule has 1 aromatic carbocycles. The molecule has 3 heterocycles. The van der Waals surface area contributed by atoms with Crippen molar-refractivity contribution >= 4 is 28.8 Å². The van der Waals surface area contributed by atoms with Crippen LogP contribution in [0.1, 0.15) is 27.2 Å². The van der Waals surface area contributed by atoms with Crippen LogP contribution in [-0.4, -0.2) is 26.6 Å². The van der Waals surface area contributed by atoms with Gasteiger partial charge in [0.2, 0.25) is 11.7 Å². The lowest BCUT2D eigenvalue weighted by Crippen LogP contribution is -2.09. The Morgan fingerprint density at radius 2 is 1.72 bits per heavy atom. The largest absolute Gasteiger partial charge is 0.417 e. The number of carbonyl (C=O) groups excluding carboxylic acids is 2. The predicted octanol–water partition coefficient (Wildman–Crippen LogP) is 4.37. The van der Waals surface area contributed by atoms with Crippen LogP contribution in [0.4, 0.5) is 13.2 Å². The smallest absolute Gasteiger partial charge is 0.366 e. The molecule has 3 aromatic heterocycles. The normalized spacial score (nSPS) is 11.8. The zero-order valence-electron chi connectivity index (χ0n) is 16.4. The molecule has 4 aromatic rings. The molecule has 0 unspecified atom stereocenters. The highest BCUT2D eigenvalue weighted by atomic mass is 19.4. The van der Waals surface area contributed by atoms with Crippen LogP contribution in [0.3, 0.4) is 0 Å². The lowest BCUT2D eigenvalue weighted by Gasteiger charge is -2.07. The number of hydrogen-bond acceptors (Lipinski definition) is 4. The Labute approximate surface area is 179 Å². The van der Waals surface area contributed by atoms with Crippen molar-refractivity contribution in [2.24, 2.45) is 5.73 Å². The van der Waals surface area contributed by atoms with Gasteiger partial charge in [0, 0.05) is 46.7 Å². The summed E-state index contributed by atoms with van der Waals surface area (Å²) < 4.78 is 38.0. The van der Waals surface area contributed by atoms with Crippen molar-refractivity contribution in [3.8, 4) is 11.1 Å². The van der Waals surface area contributed by atoms with Gasteiger partial charge in [0.25, 0.3) is 0 Å². The highest BCUT2D eigenvalue weighted by molar-refractivity contribution is 6.08. The van der Waals surface area contributed by atoms with Gasteiger partial charge in [-0.05, 0) is 29.8 Å². The molecule has 0 spiro atoms. The lowest BCUT2D eigenvalue weighted by atomic mass is 10.0. The van der Waals surface area contributed by atoms with Gasteiger partial charge in [-0.15, -0.1) is 0 Å². The molecule has 9 heteroatoms. The van der Waals surface area contributed by atoms with E-state index >= 15 is 0 Å². The fraction of sp³-hybridized carbons (Fsp3) is 0.0435. The van der Waals surface area contributed by atoms with E-state index in [-0.39, 0.29) is 5.69 Å². The third-order valence-electron chi connectivity index (χ3n) is 4.79. The Bertz CT molecular complexity index is 1340. The van der Waals surface area contributed by atoms with Crippen LogP contribution in [0, 0.1) is 0 Å². The summed E-state index contributed by atoms with van der Waals surface area (Å²) in [5.41, 5.74) is 7.39. The maximum atomic E-state index is 12.7. The van der Waals surface area contributed by atoms with Gasteiger partial charge < -0.3 is 10.7 Å². The molecule has 0 saturated heterocycles. The number of benzene rings is 1. The maximum absolute atomic E-state index is 12.7. The molecule has 3 N–H and O–H groups in total. The van der Waals surface area contributed by atoms with Crippen LogP contribution in [-0.2, 0) is 11.0 Å². The molecule has 4 rings (SSSR count). The molecule has 32 heavy (non-hydrogen) atoms. The Kier molecular flexibility index (Phi) is 5.31. The molecule has 0 aliphatic heterocycles. The summed E-state index contributed by atoms with van der Waals surface area (Å²) in [7, 11) is 0. The standard InChI is InChI=1S/C23H15F3N4O2/c24-23(25,26)17-6-7-19(28-12-17)21(32)14-3-1-13(2-4-14)16-9-18-15(5-8-20(27)31)10-29-22(18)30-11-16/h1-12H,(H2,27,31)(H,29,30)/b8-5+. The SMILES string of the molecule is NC(=O)/C=C/c1c[nH]c2ncc(-c3ccc(C(=O)c4ccc(C(F)(F)F)cn4)cc3)cc12. The van der Waals surface area contributed by atoms with E-state index in [0.29, 0.717) is 17.4 Å². The molecule has 0 aliphatic carbocycles. The first kappa shape index (κ1) is 21.0. The summed E-state index contributed by atoms with van der Waals surface area (Å²) in [6.07, 6.45) is 2.34. The first-order valence-corrected chi connectivity index (χ1v) is 9.35. The predicted molar refractivity (Wildman–Crippen MR) is 112 cm³/mol. The van der Waals surface area contributed by atoms with E-state index in [0.717, 1.165) is 34.2 Å². The Balaban J connectivity index is 1.59. The minimum absolute atomic E-state index is 0.0768. The van der Waals surface area contributed by atoms with Crippen molar-refractivity contribution < 1.29 is 22.8 Å². The van der Waals surface area contributed by atoms with E-state index in [1.165, 1.54) is 6.08 Å². The lowest BCUT2D eigenvalue weighted by molar-refractivity contribution is -0.137. The van der Waals surface area contributed by atoms with Gasteiger partial charge in [0.05, 0.1) is 5.56 Å². The topological polar surface area (TPSA) is 102 Å². The highest BCUT2D eigenvalue weighted by Gasteiger charge is 2.31. The molecule has 0 bridgehead atoms. The van der Waals surface area contributed by atoms with E-state index in [1.807, 2.05) is 6.07 Å². The number of H-pyrrole nitrogens is 1. The molecule has 160 valence electrons. The number of nitrogens with two attached hydrogens (primary N) is 1. The van der Waals surface area contributed by atoms with E-state index in [2.05, 4.69) is 15.0 Å². The molecule has 0 saturated carbocycles. The summed E-state index contributed by atoms with van der Waals surface area (Å²) in [5.74, 6) is -1.05. The molecule has 0 fully saturated rings. The number of pyridine rings is 2. The first-order chi connectivity index (χ1) is 15.2. The van der Waals surface area contributed by atoms with Crippen LogP contribution in [0.2, 0.25) is 0 Å². The van der Waals surface area contributed by atoms with Gasteiger partial charge in [-0.1, -0.05) is 24.3 Å². The number of primary amides is 1. The molecule has 6 nitrogen and oxygen atoms in total. The summed E-state index contributed by atoms with van der Waals surface area (Å²) in [4.78, 5) is 34.6. The molecule has 0 atom stereocenters. The third kappa shape index (κ3) is 4.27. The van der Waals surface area contributed by atoms with Crippen LogP contribution in [0.5, 0.6) is 0 Å². The fourth-order valence-corrected chi connectivity index (χ4v) is 3.15. The number of fused-ring (bicyclic) bond motifs is 1. The van der Waals surface area contributed by atoms with Gasteiger partial charge in [-0.2, -0.15) is 13.2 Å². The zero-order chi connectivity index (χ0) is 22.9. The Morgan fingerprint density at radius 3 is 2.34 bits per heavy atom. The van der Waals surface area contributed by atoms with E-state index < -0.39 is 23.4 Å². The van der Waals surface area contributed by atoms with Crippen molar-refractivity contribution in [1.82, 2.24) is 15.0 Å². The molecular weight excluding hydrogens is 421 g/mol. The molecule has 0 radical (unpaired) electrons. The monoisotopic (exact) mass is 436 g/mol. The van der Waals surface area contributed by atoms with E-state index in [4.69, 9.17) is 5.73 Å². The maximum Gasteiger partial charge on any atom is 0.417 e. The summed E-state index contributed by atoms with van der Waals surface area (Å²) in [6.45, 7) is 0. The summed E-state index contributed by atoms with van der Waals surface area (Å²) >= 11 is 0. The van der Waals surface area contributed by atoms with Gasteiger partial charge in [-0.25, -0.2) is 4.98 Å². The van der Waals surface area contributed by atoms with Gasteiger partial charge in [0.15, 0.2) is 0 Å². The first-order valence-electron chi connectivity index (χ1n) is 9.35. The zero-order valence-corrected chi connectivity index (χ0v) is 16.4.